The molecule has 0 aliphatic rings. The molecule has 0 fully saturated rings. The van der Waals surface area contributed by atoms with Crippen molar-refractivity contribution in [2.24, 2.45) is 5.73 Å². The number of alkyl halides is 3. The van der Waals surface area contributed by atoms with Crippen LogP contribution in [0.3, 0.4) is 0 Å². The molecule has 3 N–H and O–H groups in total. The van der Waals surface area contributed by atoms with Crippen molar-refractivity contribution in [2.75, 3.05) is 18.4 Å². The fraction of sp³-hybridized carbons (Fsp3) is 0.400. The minimum atomic E-state index is -4.33. The van der Waals surface area contributed by atoms with Gasteiger partial charge in [-0.15, -0.1) is 0 Å². The van der Waals surface area contributed by atoms with Crippen molar-refractivity contribution in [3.8, 4) is 0 Å². The highest BCUT2D eigenvalue weighted by Crippen LogP contribution is 2.33. The highest BCUT2D eigenvalue weighted by molar-refractivity contribution is 9.10. The molecule has 0 aliphatic heterocycles. The zero-order chi connectivity index (χ0) is 12.2. The number of anilines is 1. The molecule has 0 amide bonds. The number of hydrogen-bond acceptors (Lipinski definition) is 2. The molecule has 0 aliphatic carbocycles. The summed E-state index contributed by atoms with van der Waals surface area (Å²) in [5.41, 5.74) is 5.06. The zero-order valence-corrected chi connectivity index (χ0v) is 10.0. The second-order valence-electron chi connectivity index (χ2n) is 3.30. The molecule has 0 radical (unpaired) electrons. The number of nitrogens with two attached hydrogens (primary N) is 1. The molecule has 2 nitrogen and oxygen atoms in total. The van der Waals surface area contributed by atoms with Crippen LogP contribution in [-0.2, 0) is 6.18 Å². The second-order valence-corrected chi connectivity index (χ2v) is 4.21. The molecule has 1 rings (SSSR count). The molecular formula is C10H12BrF3N2. The topological polar surface area (TPSA) is 38.0 Å². The lowest BCUT2D eigenvalue weighted by Crippen LogP contribution is -2.10. The molecule has 0 atom stereocenters. The predicted molar refractivity (Wildman–Crippen MR) is 61.3 cm³/mol. The van der Waals surface area contributed by atoms with E-state index in [4.69, 9.17) is 5.73 Å². The molecule has 0 saturated heterocycles. The van der Waals surface area contributed by atoms with E-state index in [2.05, 4.69) is 21.2 Å². The highest BCUT2D eigenvalue weighted by Gasteiger charge is 2.30. The van der Waals surface area contributed by atoms with Crippen LogP contribution in [0.4, 0.5) is 18.9 Å². The van der Waals surface area contributed by atoms with Gasteiger partial charge in [0.2, 0.25) is 0 Å². The first kappa shape index (κ1) is 13.3. The molecule has 1 aromatic rings. The zero-order valence-electron chi connectivity index (χ0n) is 8.44. The quantitative estimate of drug-likeness (QED) is 0.837. The molecule has 0 unspecified atom stereocenters. The summed E-state index contributed by atoms with van der Waals surface area (Å²) in [6.45, 7) is 1.07. The normalized spacial score (nSPS) is 11.6. The van der Waals surface area contributed by atoms with Crippen molar-refractivity contribution in [3.63, 3.8) is 0 Å². The van der Waals surface area contributed by atoms with Crippen molar-refractivity contribution in [1.29, 1.82) is 0 Å². The maximum Gasteiger partial charge on any atom is 0.416 e. The van der Waals surface area contributed by atoms with Gasteiger partial charge in [-0.25, -0.2) is 0 Å². The molecule has 0 heterocycles. The van der Waals surface area contributed by atoms with Crippen molar-refractivity contribution in [1.82, 2.24) is 0 Å². The number of rotatable bonds is 4. The Balaban J connectivity index is 2.82. The molecule has 0 saturated carbocycles. The van der Waals surface area contributed by atoms with Gasteiger partial charge >= 0.3 is 6.18 Å². The Morgan fingerprint density at radius 1 is 1.25 bits per heavy atom. The van der Waals surface area contributed by atoms with Gasteiger partial charge in [0.15, 0.2) is 0 Å². The van der Waals surface area contributed by atoms with Gasteiger partial charge in [-0.3, -0.25) is 0 Å². The van der Waals surface area contributed by atoms with Crippen LogP contribution in [0.25, 0.3) is 0 Å². The first-order chi connectivity index (χ1) is 7.43. The van der Waals surface area contributed by atoms with E-state index in [1.807, 2.05) is 0 Å². The summed E-state index contributed by atoms with van der Waals surface area (Å²) < 4.78 is 37.8. The second kappa shape index (κ2) is 5.54. The van der Waals surface area contributed by atoms with Gasteiger partial charge in [0.05, 0.1) is 5.56 Å². The van der Waals surface area contributed by atoms with E-state index in [1.165, 1.54) is 0 Å². The largest absolute Gasteiger partial charge is 0.416 e. The van der Waals surface area contributed by atoms with Crippen LogP contribution in [0.1, 0.15) is 12.0 Å². The molecule has 16 heavy (non-hydrogen) atoms. The third-order valence-electron chi connectivity index (χ3n) is 1.94. The van der Waals surface area contributed by atoms with Gasteiger partial charge in [0.25, 0.3) is 0 Å². The monoisotopic (exact) mass is 296 g/mol. The summed E-state index contributed by atoms with van der Waals surface area (Å²) in [7, 11) is 0. The lowest BCUT2D eigenvalue weighted by atomic mass is 10.2. The fourth-order valence-electron chi connectivity index (χ4n) is 1.19. The molecule has 1 aromatic carbocycles. The predicted octanol–water partition coefficient (Wildman–Crippen LogP) is 3.23. The number of hydrogen-bond donors (Lipinski definition) is 2. The Labute approximate surface area is 100 Å². The Hall–Kier alpha value is -0.750. The molecule has 90 valence electrons. The van der Waals surface area contributed by atoms with Crippen LogP contribution >= 0.6 is 15.9 Å². The SMILES string of the molecule is NCCCNc1cc(Br)cc(C(F)(F)F)c1. The van der Waals surface area contributed by atoms with E-state index < -0.39 is 11.7 Å². The van der Waals surface area contributed by atoms with Gasteiger partial charge in [0, 0.05) is 16.7 Å². The molecule has 0 aromatic heterocycles. The summed E-state index contributed by atoms with van der Waals surface area (Å²) in [6, 6.07) is 3.74. The minimum Gasteiger partial charge on any atom is -0.385 e. The van der Waals surface area contributed by atoms with Crippen molar-refractivity contribution in [3.05, 3.63) is 28.2 Å². The summed E-state index contributed by atoms with van der Waals surface area (Å²) in [5, 5.41) is 2.89. The van der Waals surface area contributed by atoms with Gasteiger partial charge in [0.1, 0.15) is 0 Å². The lowest BCUT2D eigenvalue weighted by Gasteiger charge is -2.11. The number of nitrogens with one attached hydrogen (secondary N) is 1. The maximum absolute atomic E-state index is 12.5. The minimum absolute atomic E-state index is 0.401. The van der Waals surface area contributed by atoms with E-state index in [0.29, 0.717) is 29.7 Å². The van der Waals surface area contributed by atoms with Gasteiger partial charge in [-0.05, 0) is 31.2 Å². The third kappa shape index (κ3) is 4.02. The van der Waals surface area contributed by atoms with E-state index in [9.17, 15) is 13.2 Å². The van der Waals surface area contributed by atoms with Crippen LogP contribution in [0.5, 0.6) is 0 Å². The third-order valence-corrected chi connectivity index (χ3v) is 2.39. The summed E-state index contributed by atoms with van der Waals surface area (Å²) in [5.74, 6) is 0. The first-order valence-corrected chi connectivity index (χ1v) is 5.54. The van der Waals surface area contributed by atoms with Crippen LogP contribution < -0.4 is 11.1 Å². The van der Waals surface area contributed by atoms with Crippen molar-refractivity contribution >= 4 is 21.6 Å². The van der Waals surface area contributed by atoms with Crippen LogP contribution in [0.15, 0.2) is 22.7 Å². The average Bonchev–Trinajstić information content (AvgIpc) is 2.16. The van der Waals surface area contributed by atoms with E-state index in [0.717, 1.165) is 12.1 Å². The van der Waals surface area contributed by atoms with Gasteiger partial charge < -0.3 is 11.1 Å². The summed E-state index contributed by atoms with van der Waals surface area (Å²) in [4.78, 5) is 0. The smallest absolute Gasteiger partial charge is 0.385 e. The Bertz CT molecular complexity index is 352. The van der Waals surface area contributed by atoms with Crippen LogP contribution in [0.2, 0.25) is 0 Å². The van der Waals surface area contributed by atoms with Crippen LogP contribution in [-0.4, -0.2) is 13.1 Å². The number of halogens is 4. The standard InChI is InChI=1S/C10H12BrF3N2/c11-8-4-7(10(12,13)14)5-9(6-8)16-3-1-2-15/h4-6,16H,1-3,15H2. The Morgan fingerprint density at radius 2 is 1.94 bits per heavy atom. The van der Waals surface area contributed by atoms with E-state index in [-0.39, 0.29) is 0 Å². The van der Waals surface area contributed by atoms with Crippen LogP contribution in [0, 0.1) is 0 Å². The van der Waals surface area contributed by atoms with Crippen molar-refractivity contribution in [2.45, 2.75) is 12.6 Å². The highest BCUT2D eigenvalue weighted by atomic mass is 79.9. The maximum atomic E-state index is 12.5. The Kier molecular flexibility index (Phi) is 4.61. The number of benzene rings is 1. The summed E-state index contributed by atoms with van der Waals surface area (Å²) in [6.07, 6.45) is -3.61. The lowest BCUT2D eigenvalue weighted by molar-refractivity contribution is -0.137. The van der Waals surface area contributed by atoms with E-state index in [1.54, 1.807) is 6.07 Å². The molecule has 6 heteroatoms. The summed E-state index contributed by atoms with van der Waals surface area (Å²) >= 11 is 3.05. The Morgan fingerprint density at radius 3 is 2.50 bits per heavy atom. The van der Waals surface area contributed by atoms with Gasteiger partial charge in [-0.1, -0.05) is 15.9 Å². The first-order valence-electron chi connectivity index (χ1n) is 4.75. The molecule has 0 spiro atoms. The fourth-order valence-corrected chi connectivity index (χ4v) is 1.68. The molecule has 0 bridgehead atoms. The van der Waals surface area contributed by atoms with Crippen molar-refractivity contribution < 1.29 is 13.2 Å². The average molecular weight is 297 g/mol. The van der Waals surface area contributed by atoms with Gasteiger partial charge in [-0.2, -0.15) is 13.2 Å². The van der Waals surface area contributed by atoms with E-state index >= 15 is 0 Å². The molecular weight excluding hydrogens is 285 g/mol.